The van der Waals surface area contributed by atoms with Crippen LogP contribution in [-0.4, -0.2) is 31.3 Å². The van der Waals surface area contributed by atoms with Crippen LogP contribution in [0.3, 0.4) is 0 Å². The minimum atomic E-state index is 0. The molecule has 3 N–H and O–H groups in total. The molecule has 0 bridgehead atoms. The van der Waals surface area contributed by atoms with Crippen molar-refractivity contribution in [2.45, 2.75) is 19.9 Å². The Hall–Kier alpha value is -1.67. The third kappa shape index (κ3) is 7.29. The van der Waals surface area contributed by atoms with Crippen LogP contribution in [0.2, 0.25) is 5.02 Å². The van der Waals surface area contributed by atoms with Crippen molar-refractivity contribution in [2.24, 2.45) is 4.99 Å². The molecule has 0 heterocycles. The van der Waals surface area contributed by atoms with Gasteiger partial charge in [-0.15, -0.1) is 24.0 Å². The first kappa shape index (κ1) is 22.4. The SMILES string of the molecule is CCNC(=NCc1ccc(OC)c(O)c1)NCCc1ccc(Cl)cc1.I. The summed E-state index contributed by atoms with van der Waals surface area (Å²) in [7, 11) is 1.53. The Morgan fingerprint density at radius 2 is 1.81 bits per heavy atom. The van der Waals surface area contributed by atoms with Gasteiger partial charge < -0.3 is 20.5 Å². The lowest BCUT2D eigenvalue weighted by Crippen LogP contribution is -2.38. The van der Waals surface area contributed by atoms with Crippen molar-refractivity contribution in [2.75, 3.05) is 20.2 Å². The fourth-order valence-corrected chi connectivity index (χ4v) is 2.45. The molecule has 2 aromatic carbocycles. The maximum Gasteiger partial charge on any atom is 0.191 e. The van der Waals surface area contributed by atoms with Crippen molar-refractivity contribution in [3.05, 3.63) is 58.6 Å². The van der Waals surface area contributed by atoms with Crippen molar-refractivity contribution in [3.63, 3.8) is 0 Å². The number of rotatable bonds is 7. The molecule has 26 heavy (non-hydrogen) atoms. The lowest BCUT2D eigenvalue weighted by molar-refractivity contribution is 0.373. The van der Waals surface area contributed by atoms with Crippen LogP contribution in [0, 0.1) is 0 Å². The van der Waals surface area contributed by atoms with E-state index in [-0.39, 0.29) is 29.7 Å². The molecule has 0 fully saturated rings. The van der Waals surface area contributed by atoms with E-state index in [4.69, 9.17) is 16.3 Å². The summed E-state index contributed by atoms with van der Waals surface area (Å²) < 4.78 is 5.05. The van der Waals surface area contributed by atoms with Crippen LogP contribution in [0.15, 0.2) is 47.5 Å². The molecule has 0 atom stereocenters. The number of aromatic hydroxyl groups is 1. The number of nitrogens with zero attached hydrogens (tertiary/aromatic N) is 1. The Morgan fingerprint density at radius 1 is 1.12 bits per heavy atom. The Labute approximate surface area is 176 Å². The second-order valence-corrected chi connectivity index (χ2v) is 5.94. The first-order chi connectivity index (χ1) is 12.1. The first-order valence-corrected chi connectivity index (χ1v) is 8.62. The Bertz CT molecular complexity index is 708. The highest BCUT2D eigenvalue weighted by molar-refractivity contribution is 14.0. The number of ether oxygens (including phenoxy) is 1. The minimum Gasteiger partial charge on any atom is -0.504 e. The molecule has 0 aromatic heterocycles. The normalized spacial score (nSPS) is 10.8. The molecule has 0 amide bonds. The van der Waals surface area contributed by atoms with Crippen molar-refractivity contribution in [3.8, 4) is 11.5 Å². The number of aliphatic imine (C=N–C) groups is 1. The average Bonchev–Trinajstić information content (AvgIpc) is 2.61. The molecule has 2 rings (SSSR count). The zero-order chi connectivity index (χ0) is 18.1. The third-order valence-corrected chi connectivity index (χ3v) is 3.88. The number of methoxy groups -OCH3 is 1. The summed E-state index contributed by atoms with van der Waals surface area (Å²) >= 11 is 5.90. The minimum absolute atomic E-state index is 0. The van der Waals surface area contributed by atoms with Gasteiger partial charge >= 0.3 is 0 Å². The van der Waals surface area contributed by atoms with Crippen LogP contribution in [0.25, 0.3) is 0 Å². The highest BCUT2D eigenvalue weighted by Crippen LogP contribution is 2.26. The topological polar surface area (TPSA) is 65.9 Å². The number of hydrogen-bond donors (Lipinski definition) is 3. The smallest absolute Gasteiger partial charge is 0.191 e. The van der Waals surface area contributed by atoms with Gasteiger partial charge in [0.1, 0.15) is 0 Å². The molecule has 2 aromatic rings. The zero-order valence-electron chi connectivity index (χ0n) is 15.0. The first-order valence-electron chi connectivity index (χ1n) is 8.25. The lowest BCUT2D eigenvalue weighted by Gasteiger charge is -2.12. The van der Waals surface area contributed by atoms with E-state index in [9.17, 15) is 5.11 Å². The van der Waals surface area contributed by atoms with E-state index in [2.05, 4.69) is 15.6 Å². The highest BCUT2D eigenvalue weighted by Gasteiger charge is 2.03. The van der Waals surface area contributed by atoms with Gasteiger partial charge in [-0.3, -0.25) is 0 Å². The standard InChI is InChI=1S/C19H24ClN3O2.HI/c1-3-21-19(22-11-10-14-4-7-16(20)8-5-14)23-13-15-6-9-18(25-2)17(24)12-15;/h4-9,12,24H,3,10-11,13H2,1-2H3,(H2,21,22,23);1H. The van der Waals surface area contributed by atoms with Gasteiger partial charge in [-0.2, -0.15) is 0 Å². The van der Waals surface area contributed by atoms with E-state index in [0.717, 1.165) is 36.1 Å². The maximum absolute atomic E-state index is 9.83. The summed E-state index contributed by atoms with van der Waals surface area (Å²) in [6.07, 6.45) is 0.880. The van der Waals surface area contributed by atoms with Gasteiger partial charge in [-0.05, 0) is 48.7 Å². The molecule has 0 radical (unpaired) electrons. The van der Waals surface area contributed by atoms with E-state index < -0.39 is 0 Å². The number of benzene rings is 2. The van der Waals surface area contributed by atoms with Gasteiger partial charge in [-0.25, -0.2) is 4.99 Å². The number of guanidine groups is 1. The predicted molar refractivity (Wildman–Crippen MR) is 118 cm³/mol. The van der Waals surface area contributed by atoms with Crippen molar-refractivity contribution in [1.29, 1.82) is 0 Å². The number of hydrogen-bond acceptors (Lipinski definition) is 3. The molecule has 0 spiro atoms. The van der Waals surface area contributed by atoms with Gasteiger partial charge in [0.15, 0.2) is 17.5 Å². The summed E-state index contributed by atoms with van der Waals surface area (Å²) in [6.45, 7) is 4.03. The molecular weight excluding hydrogens is 465 g/mol. The second kappa shape index (κ2) is 11.9. The maximum atomic E-state index is 9.83. The molecule has 0 aliphatic carbocycles. The summed E-state index contributed by atoms with van der Waals surface area (Å²) in [5, 5.41) is 17.1. The number of nitrogens with one attached hydrogen (secondary N) is 2. The zero-order valence-corrected chi connectivity index (χ0v) is 18.0. The van der Waals surface area contributed by atoms with Gasteiger partial charge in [-0.1, -0.05) is 29.8 Å². The fourth-order valence-electron chi connectivity index (χ4n) is 2.32. The number of phenols is 1. The second-order valence-electron chi connectivity index (χ2n) is 5.50. The van der Waals surface area contributed by atoms with Crippen LogP contribution < -0.4 is 15.4 Å². The molecule has 7 heteroatoms. The van der Waals surface area contributed by atoms with Crippen molar-refractivity contribution < 1.29 is 9.84 Å². The highest BCUT2D eigenvalue weighted by atomic mass is 127. The molecule has 0 aliphatic heterocycles. The molecule has 5 nitrogen and oxygen atoms in total. The van der Waals surface area contributed by atoms with E-state index >= 15 is 0 Å². The molecule has 0 aliphatic rings. The molecule has 0 unspecified atom stereocenters. The van der Waals surface area contributed by atoms with Crippen molar-refractivity contribution in [1.82, 2.24) is 10.6 Å². The van der Waals surface area contributed by atoms with Gasteiger partial charge in [0.25, 0.3) is 0 Å². The average molecular weight is 490 g/mol. The number of phenolic OH excluding ortho intramolecular Hbond substituents is 1. The predicted octanol–water partition coefficient (Wildman–Crippen LogP) is 3.97. The number of halogens is 2. The van der Waals surface area contributed by atoms with E-state index in [1.54, 1.807) is 12.1 Å². The van der Waals surface area contributed by atoms with E-state index in [0.29, 0.717) is 12.3 Å². The third-order valence-electron chi connectivity index (χ3n) is 3.63. The van der Waals surface area contributed by atoms with E-state index in [1.165, 1.54) is 12.7 Å². The summed E-state index contributed by atoms with van der Waals surface area (Å²) in [5.41, 5.74) is 2.13. The van der Waals surface area contributed by atoms with Crippen LogP contribution in [0.4, 0.5) is 0 Å². The molecule has 0 saturated heterocycles. The Kier molecular flexibility index (Phi) is 10.2. The van der Waals surface area contributed by atoms with Gasteiger partial charge in [0.2, 0.25) is 0 Å². The summed E-state index contributed by atoms with van der Waals surface area (Å²) in [6, 6.07) is 13.1. The van der Waals surface area contributed by atoms with Crippen LogP contribution in [-0.2, 0) is 13.0 Å². The Morgan fingerprint density at radius 3 is 2.42 bits per heavy atom. The molecule has 142 valence electrons. The fraction of sp³-hybridized carbons (Fsp3) is 0.316. The van der Waals surface area contributed by atoms with Gasteiger partial charge in [0, 0.05) is 18.1 Å². The lowest BCUT2D eigenvalue weighted by atomic mass is 10.1. The summed E-state index contributed by atoms with van der Waals surface area (Å²) in [5.74, 6) is 1.32. The Balaban J connectivity index is 0.00000338. The van der Waals surface area contributed by atoms with Gasteiger partial charge in [0.05, 0.1) is 13.7 Å². The van der Waals surface area contributed by atoms with Crippen LogP contribution in [0.5, 0.6) is 11.5 Å². The van der Waals surface area contributed by atoms with Crippen LogP contribution >= 0.6 is 35.6 Å². The van der Waals surface area contributed by atoms with E-state index in [1.807, 2.05) is 37.3 Å². The molecule has 0 saturated carbocycles. The quantitative estimate of drug-likeness (QED) is 0.313. The summed E-state index contributed by atoms with van der Waals surface area (Å²) in [4.78, 5) is 4.55. The van der Waals surface area contributed by atoms with Crippen LogP contribution in [0.1, 0.15) is 18.1 Å². The monoisotopic (exact) mass is 489 g/mol. The largest absolute Gasteiger partial charge is 0.504 e. The van der Waals surface area contributed by atoms with Crippen molar-refractivity contribution >= 4 is 41.5 Å². The molecular formula is C19H25ClIN3O2.